The second-order valence-electron chi connectivity index (χ2n) is 7.10. The molecule has 3 heterocycles. The van der Waals surface area contributed by atoms with Gasteiger partial charge in [0.15, 0.2) is 5.65 Å². The van der Waals surface area contributed by atoms with E-state index in [0.717, 1.165) is 35.5 Å². The zero-order valence-corrected chi connectivity index (χ0v) is 16.0. The maximum Gasteiger partial charge on any atom is 0.211 e. The minimum Gasteiger partial charge on any atom is -0.369 e. The molecule has 8 nitrogen and oxygen atoms in total. The van der Waals surface area contributed by atoms with Crippen molar-refractivity contribution in [3.8, 4) is 0 Å². The van der Waals surface area contributed by atoms with E-state index in [1.807, 2.05) is 7.05 Å². The topological polar surface area (TPSA) is 93.0 Å². The van der Waals surface area contributed by atoms with Crippen molar-refractivity contribution in [1.82, 2.24) is 24.1 Å². The van der Waals surface area contributed by atoms with E-state index in [4.69, 9.17) is 0 Å². The molecule has 138 valence electrons. The van der Waals surface area contributed by atoms with Crippen molar-refractivity contribution >= 4 is 26.9 Å². The van der Waals surface area contributed by atoms with Crippen LogP contribution in [0.25, 0.3) is 11.0 Å². The number of hydrogen-bond acceptors (Lipinski definition) is 6. The number of anilines is 1. The van der Waals surface area contributed by atoms with Crippen molar-refractivity contribution in [2.45, 2.75) is 32.6 Å². The normalized spacial score (nSPS) is 19.6. The Hall–Kier alpha value is -1.74. The summed E-state index contributed by atoms with van der Waals surface area (Å²) < 4.78 is 26.9. The minimum atomic E-state index is -3.12. The van der Waals surface area contributed by atoms with Gasteiger partial charge in [0.2, 0.25) is 10.0 Å². The molecule has 0 saturated carbocycles. The van der Waals surface area contributed by atoms with Crippen LogP contribution in [0.4, 0.5) is 5.82 Å². The number of aromatic nitrogens is 4. The molecule has 9 heteroatoms. The van der Waals surface area contributed by atoms with Crippen LogP contribution in [0, 0.1) is 5.92 Å². The molecule has 0 aromatic carbocycles. The Kier molecular flexibility index (Phi) is 4.97. The van der Waals surface area contributed by atoms with Gasteiger partial charge in [0.05, 0.1) is 17.8 Å². The highest BCUT2D eigenvalue weighted by Crippen LogP contribution is 2.24. The summed E-state index contributed by atoms with van der Waals surface area (Å²) in [5.41, 5.74) is 0.808. The fourth-order valence-electron chi connectivity index (χ4n) is 3.17. The second kappa shape index (κ2) is 6.87. The minimum absolute atomic E-state index is 0.218. The monoisotopic (exact) mass is 366 g/mol. The van der Waals surface area contributed by atoms with Gasteiger partial charge in [0.25, 0.3) is 0 Å². The zero-order valence-electron chi connectivity index (χ0n) is 15.2. The Morgan fingerprint density at radius 2 is 2.12 bits per heavy atom. The third-order valence-electron chi connectivity index (χ3n) is 4.63. The Labute approximate surface area is 148 Å². The van der Waals surface area contributed by atoms with Crippen LogP contribution in [0.5, 0.6) is 0 Å². The van der Waals surface area contributed by atoms with E-state index in [1.54, 1.807) is 15.2 Å². The largest absolute Gasteiger partial charge is 0.369 e. The van der Waals surface area contributed by atoms with E-state index in [-0.39, 0.29) is 11.8 Å². The first-order valence-corrected chi connectivity index (χ1v) is 10.5. The van der Waals surface area contributed by atoms with E-state index in [1.165, 1.54) is 6.26 Å². The van der Waals surface area contributed by atoms with Crippen LogP contribution in [0.3, 0.4) is 0 Å². The number of rotatable bonds is 5. The molecule has 25 heavy (non-hydrogen) atoms. The maximum atomic E-state index is 11.8. The van der Waals surface area contributed by atoms with Gasteiger partial charge in [-0.3, -0.25) is 4.68 Å². The highest BCUT2D eigenvalue weighted by Gasteiger charge is 2.26. The number of nitrogens with one attached hydrogen (secondary N) is 1. The number of sulfonamides is 1. The van der Waals surface area contributed by atoms with Gasteiger partial charge in [-0.2, -0.15) is 5.10 Å². The lowest BCUT2D eigenvalue weighted by molar-refractivity contribution is 0.276. The average Bonchev–Trinajstić information content (AvgIpc) is 2.93. The van der Waals surface area contributed by atoms with Crippen molar-refractivity contribution in [3.63, 3.8) is 0 Å². The maximum absolute atomic E-state index is 11.8. The summed E-state index contributed by atoms with van der Waals surface area (Å²) in [6.07, 6.45) is 4.95. The van der Waals surface area contributed by atoms with Crippen molar-refractivity contribution in [2.24, 2.45) is 13.0 Å². The zero-order chi connectivity index (χ0) is 18.2. The second-order valence-corrected chi connectivity index (χ2v) is 9.08. The molecule has 2 aromatic rings. The van der Waals surface area contributed by atoms with Gasteiger partial charge in [0, 0.05) is 32.6 Å². The fraction of sp³-hybridized carbons (Fsp3) is 0.688. The summed E-state index contributed by atoms with van der Waals surface area (Å²) in [7, 11) is -1.26. The van der Waals surface area contributed by atoms with Crippen molar-refractivity contribution in [1.29, 1.82) is 0 Å². The van der Waals surface area contributed by atoms with Crippen LogP contribution in [0.1, 0.15) is 38.4 Å². The van der Waals surface area contributed by atoms with E-state index >= 15 is 0 Å². The molecule has 3 rings (SSSR count). The van der Waals surface area contributed by atoms with Gasteiger partial charge in [0.1, 0.15) is 11.6 Å². The number of aryl methyl sites for hydroxylation is 1. The van der Waals surface area contributed by atoms with Crippen LogP contribution in [-0.2, 0) is 17.1 Å². The van der Waals surface area contributed by atoms with Gasteiger partial charge in [-0.25, -0.2) is 22.7 Å². The predicted molar refractivity (Wildman–Crippen MR) is 98.0 cm³/mol. The fourth-order valence-corrected chi connectivity index (χ4v) is 4.11. The first kappa shape index (κ1) is 18.1. The van der Waals surface area contributed by atoms with E-state index in [2.05, 4.69) is 34.2 Å². The average molecular weight is 366 g/mol. The number of fused-ring (bicyclic) bond motifs is 1. The summed E-state index contributed by atoms with van der Waals surface area (Å²) >= 11 is 0. The third kappa shape index (κ3) is 3.92. The number of nitrogens with zero attached hydrogens (tertiary/aromatic N) is 5. The molecule has 1 unspecified atom stereocenters. The Bertz CT molecular complexity index is 861. The molecule has 1 aliphatic heterocycles. The first-order chi connectivity index (χ1) is 11.8. The smallest absolute Gasteiger partial charge is 0.211 e. The molecular weight excluding hydrogens is 340 g/mol. The molecule has 0 spiro atoms. The molecule has 2 aromatic heterocycles. The van der Waals surface area contributed by atoms with Crippen molar-refractivity contribution < 1.29 is 8.42 Å². The molecule has 1 saturated heterocycles. The molecule has 1 atom stereocenters. The van der Waals surface area contributed by atoms with Crippen LogP contribution < -0.4 is 5.32 Å². The van der Waals surface area contributed by atoms with Crippen LogP contribution in [-0.4, -0.2) is 58.4 Å². The van der Waals surface area contributed by atoms with Crippen LogP contribution in [0.15, 0.2) is 6.20 Å². The first-order valence-electron chi connectivity index (χ1n) is 8.64. The van der Waals surface area contributed by atoms with E-state index in [9.17, 15) is 8.42 Å². The Morgan fingerprint density at radius 3 is 2.80 bits per heavy atom. The molecular formula is C16H26N6O2S. The van der Waals surface area contributed by atoms with Gasteiger partial charge in [-0.1, -0.05) is 13.8 Å². The molecule has 0 amide bonds. The Morgan fingerprint density at radius 1 is 1.36 bits per heavy atom. The molecule has 1 fully saturated rings. The molecule has 1 N–H and O–H groups in total. The Balaban J connectivity index is 1.79. The number of piperidine rings is 1. The van der Waals surface area contributed by atoms with Crippen molar-refractivity contribution in [2.75, 3.05) is 31.2 Å². The summed E-state index contributed by atoms with van der Waals surface area (Å²) in [4.78, 5) is 9.25. The standard InChI is InChI=1S/C16H26N6O2S/c1-11(2)14-19-15(13-9-18-21(3)16(13)20-14)17-8-12-6-5-7-22(10-12)25(4,23)24/h9,11-12H,5-8,10H2,1-4H3,(H,17,19,20). The van der Waals surface area contributed by atoms with Crippen molar-refractivity contribution in [3.05, 3.63) is 12.0 Å². The lowest BCUT2D eigenvalue weighted by Crippen LogP contribution is -2.41. The SMILES string of the molecule is CC(C)c1nc(NCC2CCCN(S(C)(=O)=O)C2)c2cnn(C)c2n1. The third-order valence-corrected chi connectivity index (χ3v) is 5.90. The summed E-state index contributed by atoms with van der Waals surface area (Å²) in [5.74, 6) is 2.04. The van der Waals surface area contributed by atoms with Gasteiger partial charge >= 0.3 is 0 Å². The lowest BCUT2D eigenvalue weighted by Gasteiger charge is -2.31. The lowest BCUT2D eigenvalue weighted by atomic mass is 10.00. The summed E-state index contributed by atoms with van der Waals surface area (Å²) in [6.45, 7) is 5.99. The molecule has 0 bridgehead atoms. The van der Waals surface area contributed by atoms with Gasteiger partial charge in [-0.15, -0.1) is 0 Å². The van der Waals surface area contributed by atoms with Crippen LogP contribution >= 0.6 is 0 Å². The highest BCUT2D eigenvalue weighted by molar-refractivity contribution is 7.88. The quantitative estimate of drug-likeness (QED) is 0.863. The summed E-state index contributed by atoms with van der Waals surface area (Å²) in [6, 6.07) is 0. The van der Waals surface area contributed by atoms with Gasteiger partial charge in [-0.05, 0) is 18.8 Å². The molecule has 1 aliphatic rings. The predicted octanol–water partition coefficient (Wildman–Crippen LogP) is 1.57. The van der Waals surface area contributed by atoms with Gasteiger partial charge < -0.3 is 5.32 Å². The summed E-state index contributed by atoms with van der Waals surface area (Å²) in [5, 5.41) is 8.59. The molecule has 0 aliphatic carbocycles. The highest BCUT2D eigenvalue weighted by atomic mass is 32.2. The number of hydrogen-bond donors (Lipinski definition) is 1. The van der Waals surface area contributed by atoms with E-state index in [0.29, 0.717) is 19.6 Å². The van der Waals surface area contributed by atoms with E-state index < -0.39 is 10.0 Å². The molecule has 0 radical (unpaired) electrons. The van der Waals surface area contributed by atoms with Crippen LogP contribution in [0.2, 0.25) is 0 Å².